The molecule has 18 heavy (non-hydrogen) atoms. The molecule has 2 rings (SSSR count). The van der Waals surface area contributed by atoms with Gasteiger partial charge in [-0.3, -0.25) is 0 Å². The Hall–Kier alpha value is -2.06. The Bertz CT molecular complexity index is 607. The van der Waals surface area contributed by atoms with Crippen LogP contribution in [0.3, 0.4) is 0 Å². The number of halogens is 1. The third-order valence-electron chi connectivity index (χ3n) is 2.32. The highest BCUT2D eigenvalue weighted by atomic mass is 79.9. The van der Waals surface area contributed by atoms with Gasteiger partial charge in [0.15, 0.2) is 0 Å². The van der Waals surface area contributed by atoms with E-state index in [2.05, 4.69) is 26.2 Å². The lowest BCUT2D eigenvalue weighted by atomic mass is 10.2. The second kappa shape index (κ2) is 5.52. The largest absolute Gasteiger partial charge is 0.495 e. The van der Waals surface area contributed by atoms with Crippen molar-refractivity contribution in [1.82, 2.24) is 4.98 Å². The summed E-state index contributed by atoms with van der Waals surface area (Å²) in [6.07, 6.45) is 1.59. The van der Waals surface area contributed by atoms with Crippen molar-refractivity contribution in [3.63, 3.8) is 0 Å². The second-order valence-electron chi connectivity index (χ2n) is 3.51. The lowest BCUT2D eigenvalue weighted by Crippen LogP contribution is -1.95. The van der Waals surface area contributed by atoms with Crippen LogP contribution in [0.2, 0.25) is 0 Å². The van der Waals surface area contributed by atoms with Crippen molar-refractivity contribution in [3.05, 3.63) is 46.7 Å². The zero-order valence-electron chi connectivity index (χ0n) is 9.64. The van der Waals surface area contributed by atoms with E-state index in [9.17, 15) is 0 Å². The van der Waals surface area contributed by atoms with Crippen molar-refractivity contribution in [1.29, 1.82) is 5.26 Å². The van der Waals surface area contributed by atoms with Crippen molar-refractivity contribution in [2.45, 2.75) is 0 Å². The Morgan fingerprint density at radius 1 is 1.33 bits per heavy atom. The Kier molecular flexibility index (Phi) is 3.80. The zero-order chi connectivity index (χ0) is 13.0. The first-order valence-corrected chi connectivity index (χ1v) is 5.99. The quantitative estimate of drug-likeness (QED) is 0.943. The highest BCUT2D eigenvalue weighted by Gasteiger charge is 2.04. The normalized spacial score (nSPS) is 9.61. The molecule has 0 radical (unpaired) electrons. The maximum Gasteiger partial charge on any atom is 0.142 e. The summed E-state index contributed by atoms with van der Waals surface area (Å²) < 4.78 is 6.21. The molecule has 0 bridgehead atoms. The van der Waals surface area contributed by atoms with E-state index >= 15 is 0 Å². The fourth-order valence-corrected chi connectivity index (χ4v) is 1.86. The van der Waals surface area contributed by atoms with Gasteiger partial charge < -0.3 is 10.1 Å². The first-order valence-electron chi connectivity index (χ1n) is 5.19. The smallest absolute Gasteiger partial charge is 0.142 e. The number of hydrogen-bond acceptors (Lipinski definition) is 4. The first-order chi connectivity index (χ1) is 8.72. The molecule has 0 amide bonds. The summed E-state index contributed by atoms with van der Waals surface area (Å²) in [6, 6.07) is 11.1. The summed E-state index contributed by atoms with van der Waals surface area (Å²) in [4.78, 5) is 3.92. The van der Waals surface area contributed by atoms with Crippen LogP contribution in [0.4, 0.5) is 11.4 Å². The Morgan fingerprint density at radius 3 is 2.89 bits per heavy atom. The van der Waals surface area contributed by atoms with Gasteiger partial charge in [-0.25, -0.2) is 4.98 Å². The molecule has 0 aliphatic heterocycles. The van der Waals surface area contributed by atoms with E-state index in [1.165, 1.54) is 0 Å². The summed E-state index contributed by atoms with van der Waals surface area (Å²) in [6.45, 7) is 0. The van der Waals surface area contributed by atoms with Crippen molar-refractivity contribution in [2.24, 2.45) is 0 Å². The van der Waals surface area contributed by atoms with Crippen LogP contribution in [0.1, 0.15) is 5.69 Å². The van der Waals surface area contributed by atoms with Crippen LogP contribution in [0.25, 0.3) is 0 Å². The summed E-state index contributed by atoms with van der Waals surface area (Å²) in [7, 11) is 1.61. The predicted octanol–water partition coefficient (Wildman–Crippen LogP) is 3.47. The van der Waals surface area contributed by atoms with Gasteiger partial charge in [0, 0.05) is 16.4 Å². The molecule has 0 saturated carbocycles. The average Bonchev–Trinajstić information content (AvgIpc) is 2.39. The van der Waals surface area contributed by atoms with Crippen molar-refractivity contribution in [3.8, 4) is 11.8 Å². The van der Waals surface area contributed by atoms with Crippen LogP contribution in [-0.4, -0.2) is 12.1 Å². The van der Waals surface area contributed by atoms with Gasteiger partial charge in [-0.1, -0.05) is 15.9 Å². The van der Waals surface area contributed by atoms with Crippen molar-refractivity contribution >= 4 is 27.3 Å². The highest BCUT2D eigenvalue weighted by molar-refractivity contribution is 9.10. The van der Waals surface area contributed by atoms with E-state index in [4.69, 9.17) is 10.00 Å². The average molecular weight is 304 g/mol. The first kappa shape index (κ1) is 12.4. The lowest BCUT2D eigenvalue weighted by molar-refractivity contribution is 0.417. The number of ether oxygens (including phenoxy) is 1. The van der Waals surface area contributed by atoms with Gasteiger partial charge in [0.05, 0.1) is 12.8 Å². The fourth-order valence-electron chi connectivity index (χ4n) is 1.50. The number of anilines is 2. The van der Waals surface area contributed by atoms with Gasteiger partial charge in [0.1, 0.15) is 17.5 Å². The number of nitrogens with one attached hydrogen (secondary N) is 1. The molecule has 0 spiro atoms. The molecule has 2 aromatic rings. The number of hydrogen-bond donors (Lipinski definition) is 1. The highest BCUT2D eigenvalue weighted by Crippen LogP contribution is 2.30. The molecule has 0 unspecified atom stereocenters. The maximum atomic E-state index is 8.80. The van der Waals surface area contributed by atoms with Crippen LogP contribution >= 0.6 is 15.9 Å². The van der Waals surface area contributed by atoms with Gasteiger partial charge in [-0.05, 0) is 30.3 Å². The number of methoxy groups -OCH3 is 1. The molecule has 1 aromatic carbocycles. The van der Waals surface area contributed by atoms with Crippen molar-refractivity contribution in [2.75, 3.05) is 12.4 Å². The van der Waals surface area contributed by atoms with E-state index in [1.807, 2.05) is 24.3 Å². The Morgan fingerprint density at radius 2 is 2.17 bits per heavy atom. The lowest BCUT2D eigenvalue weighted by Gasteiger charge is -2.11. The van der Waals surface area contributed by atoms with E-state index in [0.29, 0.717) is 5.69 Å². The number of aromatic nitrogens is 1. The molecule has 1 aromatic heterocycles. The zero-order valence-corrected chi connectivity index (χ0v) is 11.2. The predicted molar refractivity (Wildman–Crippen MR) is 72.9 cm³/mol. The van der Waals surface area contributed by atoms with Gasteiger partial charge in [-0.15, -0.1) is 0 Å². The van der Waals surface area contributed by atoms with Crippen LogP contribution in [-0.2, 0) is 0 Å². The van der Waals surface area contributed by atoms with E-state index in [0.717, 1.165) is 21.6 Å². The molecular formula is C13H10BrN3O. The summed E-state index contributed by atoms with van der Waals surface area (Å²) in [5, 5.41) is 12.0. The molecule has 0 aliphatic carbocycles. The fraction of sp³-hybridized carbons (Fsp3) is 0.0769. The van der Waals surface area contributed by atoms with Gasteiger partial charge in [0.2, 0.25) is 0 Å². The molecule has 1 N–H and O–H groups in total. The second-order valence-corrected chi connectivity index (χ2v) is 4.43. The monoisotopic (exact) mass is 303 g/mol. The van der Waals surface area contributed by atoms with Gasteiger partial charge in [0.25, 0.3) is 0 Å². The minimum Gasteiger partial charge on any atom is -0.495 e. The molecule has 0 fully saturated rings. The maximum absolute atomic E-state index is 8.80. The van der Waals surface area contributed by atoms with Gasteiger partial charge in [-0.2, -0.15) is 5.26 Å². The summed E-state index contributed by atoms with van der Waals surface area (Å²) in [5.41, 5.74) is 1.98. The van der Waals surface area contributed by atoms with Crippen LogP contribution < -0.4 is 10.1 Å². The SMILES string of the molecule is COc1ccc(Br)cc1Nc1ccnc(C#N)c1. The molecule has 0 atom stereocenters. The standard InChI is InChI=1S/C13H10BrN3O/c1-18-13-3-2-9(14)6-12(13)17-10-4-5-16-11(7-10)8-15/h2-7H,1H3,(H,16,17). The summed E-state index contributed by atoms with van der Waals surface area (Å²) in [5.74, 6) is 0.730. The van der Waals surface area contributed by atoms with Crippen molar-refractivity contribution < 1.29 is 4.74 Å². The van der Waals surface area contributed by atoms with Crippen LogP contribution in [0.5, 0.6) is 5.75 Å². The molecule has 5 heteroatoms. The third kappa shape index (κ3) is 2.79. The number of nitriles is 1. The minimum absolute atomic E-state index is 0.369. The molecule has 1 heterocycles. The number of rotatable bonds is 3. The molecular weight excluding hydrogens is 294 g/mol. The molecule has 90 valence electrons. The Balaban J connectivity index is 2.33. The summed E-state index contributed by atoms with van der Waals surface area (Å²) >= 11 is 3.41. The number of nitrogens with zero attached hydrogens (tertiary/aromatic N) is 2. The minimum atomic E-state index is 0.369. The van der Waals surface area contributed by atoms with Crippen LogP contribution in [0.15, 0.2) is 41.0 Å². The third-order valence-corrected chi connectivity index (χ3v) is 2.81. The van der Waals surface area contributed by atoms with E-state index < -0.39 is 0 Å². The molecule has 0 aliphatic rings. The molecule has 0 saturated heterocycles. The van der Waals surface area contributed by atoms with Crippen LogP contribution in [0, 0.1) is 11.3 Å². The Labute approximate surface area is 113 Å². The number of benzene rings is 1. The van der Waals surface area contributed by atoms with E-state index in [-0.39, 0.29) is 0 Å². The van der Waals surface area contributed by atoms with Gasteiger partial charge >= 0.3 is 0 Å². The number of pyridine rings is 1. The topological polar surface area (TPSA) is 57.9 Å². The van der Waals surface area contributed by atoms with E-state index in [1.54, 1.807) is 25.4 Å². The molecule has 4 nitrogen and oxygen atoms in total.